The van der Waals surface area contributed by atoms with Crippen molar-refractivity contribution in [1.82, 2.24) is 4.90 Å². The third-order valence-electron chi connectivity index (χ3n) is 4.62. The lowest BCUT2D eigenvalue weighted by Gasteiger charge is -2.42. The van der Waals surface area contributed by atoms with Gasteiger partial charge < -0.3 is 19.8 Å². The minimum atomic E-state index is -0.698. The van der Waals surface area contributed by atoms with E-state index in [4.69, 9.17) is 4.74 Å². The Bertz CT molecular complexity index is 436. The third-order valence-corrected chi connectivity index (χ3v) is 4.62. The van der Waals surface area contributed by atoms with Crippen LogP contribution in [-0.4, -0.2) is 54.6 Å². The van der Waals surface area contributed by atoms with Crippen molar-refractivity contribution in [3.05, 3.63) is 29.8 Å². The molecule has 4 nitrogen and oxygen atoms in total. The van der Waals surface area contributed by atoms with E-state index in [1.165, 1.54) is 0 Å². The number of nitrogens with zero attached hydrogens (tertiary/aromatic N) is 1. The van der Waals surface area contributed by atoms with Gasteiger partial charge in [-0.2, -0.15) is 0 Å². The number of ether oxygens (including phenoxy) is 1. The Morgan fingerprint density at radius 1 is 1.24 bits per heavy atom. The summed E-state index contributed by atoms with van der Waals surface area (Å²) < 4.78 is 5.41. The fourth-order valence-corrected chi connectivity index (χ4v) is 3.33. The quantitative estimate of drug-likeness (QED) is 0.875. The summed E-state index contributed by atoms with van der Waals surface area (Å²) in [6.07, 6.45) is 3.57. The summed E-state index contributed by atoms with van der Waals surface area (Å²) in [5, 5.41) is 20.6. The van der Waals surface area contributed by atoms with E-state index in [1.54, 1.807) is 19.2 Å². The van der Waals surface area contributed by atoms with Crippen molar-refractivity contribution in [2.75, 3.05) is 27.7 Å². The number of aromatic hydroxyl groups is 1. The molecule has 1 aromatic rings. The minimum Gasteiger partial charge on any atom is -0.508 e. The molecule has 0 aliphatic heterocycles. The Morgan fingerprint density at radius 3 is 2.29 bits per heavy atom. The van der Waals surface area contributed by atoms with Gasteiger partial charge in [-0.25, -0.2) is 0 Å². The lowest BCUT2D eigenvalue weighted by Crippen LogP contribution is -2.45. The van der Waals surface area contributed by atoms with Crippen molar-refractivity contribution in [1.29, 1.82) is 0 Å². The third kappa shape index (κ3) is 3.96. The highest BCUT2D eigenvalue weighted by Gasteiger charge is 2.41. The highest BCUT2D eigenvalue weighted by molar-refractivity contribution is 5.30. The molecule has 1 aliphatic carbocycles. The van der Waals surface area contributed by atoms with E-state index in [-0.39, 0.29) is 17.8 Å². The van der Waals surface area contributed by atoms with Gasteiger partial charge in [-0.05, 0) is 57.5 Å². The number of phenolic OH excluding ortho intramolecular Hbond substituents is 1. The van der Waals surface area contributed by atoms with Gasteiger partial charge in [-0.3, -0.25) is 0 Å². The van der Waals surface area contributed by atoms with E-state index in [0.717, 1.165) is 37.8 Å². The molecule has 0 amide bonds. The van der Waals surface area contributed by atoms with Gasteiger partial charge in [-0.1, -0.05) is 12.1 Å². The molecule has 21 heavy (non-hydrogen) atoms. The Morgan fingerprint density at radius 2 is 1.81 bits per heavy atom. The van der Waals surface area contributed by atoms with Crippen LogP contribution in [0.25, 0.3) is 0 Å². The van der Waals surface area contributed by atoms with Gasteiger partial charge in [0, 0.05) is 19.6 Å². The number of phenols is 1. The summed E-state index contributed by atoms with van der Waals surface area (Å²) in [6, 6.07) is 7.23. The fourth-order valence-electron chi connectivity index (χ4n) is 3.33. The Hall–Kier alpha value is -1.10. The molecule has 1 aromatic carbocycles. The van der Waals surface area contributed by atoms with Gasteiger partial charge in [0.25, 0.3) is 0 Å². The molecule has 1 saturated carbocycles. The predicted molar refractivity (Wildman–Crippen MR) is 83.6 cm³/mol. The second kappa shape index (κ2) is 6.77. The van der Waals surface area contributed by atoms with Crippen LogP contribution in [0.5, 0.6) is 5.75 Å². The van der Waals surface area contributed by atoms with E-state index < -0.39 is 5.60 Å². The molecule has 1 atom stereocenters. The number of methoxy groups -OCH3 is 1. The average molecular weight is 293 g/mol. The molecule has 4 heteroatoms. The van der Waals surface area contributed by atoms with Crippen molar-refractivity contribution >= 4 is 0 Å². The molecule has 1 fully saturated rings. The Labute approximate surface area is 127 Å². The van der Waals surface area contributed by atoms with Gasteiger partial charge in [-0.15, -0.1) is 0 Å². The van der Waals surface area contributed by atoms with Crippen molar-refractivity contribution < 1.29 is 14.9 Å². The molecule has 1 unspecified atom stereocenters. The summed E-state index contributed by atoms with van der Waals surface area (Å²) in [7, 11) is 5.79. The van der Waals surface area contributed by atoms with E-state index in [0.29, 0.717) is 0 Å². The van der Waals surface area contributed by atoms with Crippen LogP contribution >= 0.6 is 0 Å². The first-order valence-corrected chi connectivity index (χ1v) is 7.63. The molecule has 0 bridgehead atoms. The van der Waals surface area contributed by atoms with E-state index >= 15 is 0 Å². The first-order valence-electron chi connectivity index (χ1n) is 7.63. The first kappa shape index (κ1) is 16.3. The average Bonchev–Trinajstić information content (AvgIpc) is 2.46. The van der Waals surface area contributed by atoms with Gasteiger partial charge in [0.1, 0.15) is 5.75 Å². The van der Waals surface area contributed by atoms with Crippen molar-refractivity contribution in [3.8, 4) is 5.75 Å². The van der Waals surface area contributed by atoms with Gasteiger partial charge in [0.05, 0.1) is 11.7 Å². The molecule has 0 aromatic heterocycles. The van der Waals surface area contributed by atoms with Crippen LogP contribution in [0.2, 0.25) is 0 Å². The molecular weight excluding hydrogens is 266 g/mol. The number of benzene rings is 1. The molecule has 0 saturated heterocycles. The molecule has 0 heterocycles. The molecular formula is C17H27NO3. The van der Waals surface area contributed by atoms with Crippen molar-refractivity contribution in [3.63, 3.8) is 0 Å². The predicted octanol–water partition coefficient (Wildman–Crippen LogP) is 2.36. The standard InChI is InChI=1S/C17H27NO3/c1-18(2)12-16(13-4-6-14(19)7-5-13)17(20)10-8-15(21-3)9-11-17/h4-7,15-16,19-20H,8-12H2,1-3H3/t15-,16?,17-. The van der Waals surface area contributed by atoms with Crippen LogP contribution in [0.15, 0.2) is 24.3 Å². The number of likely N-dealkylation sites (N-methyl/N-ethyl adjacent to an activating group) is 1. The lowest BCUT2D eigenvalue weighted by molar-refractivity contribution is -0.0641. The summed E-state index contributed by atoms with van der Waals surface area (Å²) >= 11 is 0. The van der Waals surface area contributed by atoms with E-state index in [2.05, 4.69) is 4.90 Å². The zero-order chi connectivity index (χ0) is 15.5. The normalized spacial score (nSPS) is 27.8. The highest BCUT2D eigenvalue weighted by Crippen LogP contribution is 2.41. The van der Waals surface area contributed by atoms with Crippen LogP contribution < -0.4 is 0 Å². The molecule has 0 spiro atoms. The van der Waals surface area contributed by atoms with Gasteiger partial charge >= 0.3 is 0 Å². The number of hydrogen-bond donors (Lipinski definition) is 2. The highest BCUT2D eigenvalue weighted by atomic mass is 16.5. The number of aliphatic hydroxyl groups is 1. The summed E-state index contributed by atoms with van der Waals surface area (Å²) in [5.41, 5.74) is 0.385. The number of hydrogen-bond acceptors (Lipinski definition) is 4. The van der Waals surface area contributed by atoms with Crippen molar-refractivity contribution in [2.24, 2.45) is 0 Å². The Balaban J connectivity index is 2.21. The maximum absolute atomic E-state index is 11.2. The molecule has 118 valence electrons. The smallest absolute Gasteiger partial charge is 0.115 e. The van der Waals surface area contributed by atoms with Crippen LogP contribution in [0.3, 0.4) is 0 Å². The lowest BCUT2D eigenvalue weighted by atomic mass is 9.72. The van der Waals surface area contributed by atoms with Crippen LogP contribution in [-0.2, 0) is 4.74 Å². The molecule has 2 rings (SSSR count). The molecule has 0 radical (unpaired) electrons. The second-order valence-corrected chi connectivity index (χ2v) is 6.44. The zero-order valence-electron chi connectivity index (χ0n) is 13.2. The molecule has 1 aliphatic rings. The summed E-state index contributed by atoms with van der Waals surface area (Å²) in [5.74, 6) is 0.309. The maximum atomic E-state index is 11.2. The SMILES string of the molecule is CO[C@H]1CC[C@@](O)(C(CN(C)C)c2ccc(O)cc2)CC1. The largest absolute Gasteiger partial charge is 0.508 e. The summed E-state index contributed by atoms with van der Waals surface area (Å²) in [6.45, 7) is 0.791. The van der Waals surface area contributed by atoms with Crippen LogP contribution in [0.1, 0.15) is 37.2 Å². The molecule has 2 N–H and O–H groups in total. The van der Waals surface area contributed by atoms with E-state index in [1.807, 2.05) is 26.2 Å². The van der Waals surface area contributed by atoms with E-state index in [9.17, 15) is 10.2 Å². The monoisotopic (exact) mass is 293 g/mol. The summed E-state index contributed by atoms with van der Waals surface area (Å²) in [4.78, 5) is 2.11. The Kier molecular flexibility index (Phi) is 5.25. The number of rotatable bonds is 5. The first-order chi connectivity index (χ1) is 9.94. The van der Waals surface area contributed by atoms with Crippen LogP contribution in [0.4, 0.5) is 0 Å². The second-order valence-electron chi connectivity index (χ2n) is 6.44. The minimum absolute atomic E-state index is 0.0471. The topological polar surface area (TPSA) is 52.9 Å². The van der Waals surface area contributed by atoms with Crippen molar-refractivity contribution in [2.45, 2.75) is 43.3 Å². The van der Waals surface area contributed by atoms with Gasteiger partial charge in [0.2, 0.25) is 0 Å². The fraction of sp³-hybridized carbons (Fsp3) is 0.647. The maximum Gasteiger partial charge on any atom is 0.115 e. The van der Waals surface area contributed by atoms with Gasteiger partial charge in [0.15, 0.2) is 0 Å². The van der Waals surface area contributed by atoms with Crippen LogP contribution in [0, 0.1) is 0 Å². The zero-order valence-corrected chi connectivity index (χ0v) is 13.2.